The third-order valence-electron chi connectivity index (χ3n) is 5.53. The van der Waals surface area contributed by atoms with E-state index in [9.17, 15) is 28.1 Å². The molecule has 3 rings (SSSR count). The van der Waals surface area contributed by atoms with E-state index in [2.05, 4.69) is 10.6 Å². The molecule has 0 aliphatic carbocycles. The number of nitrogens with zero attached hydrogens (tertiary/aromatic N) is 2. The molecule has 0 aromatic heterocycles. The van der Waals surface area contributed by atoms with Gasteiger partial charge < -0.3 is 15.4 Å². The molecular weight excluding hydrogens is 548 g/mol. The topological polar surface area (TPSA) is 148 Å². The van der Waals surface area contributed by atoms with Crippen LogP contribution in [0.15, 0.2) is 65.6 Å². The minimum atomic E-state index is -4.56. The van der Waals surface area contributed by atoms with Crippen LogP contribution in [0.1, 0.15) is 29.8 Å². The molecule has 13 heteroatoms. The van der Waals surface area contributed by atoms with Crippen LogP contribution in [0.3, 0.4) is 0 Å². The normalized spacial score (nSPS) is 11.1. The van der Waals surface area contributed by atoms with E-state index in [0.29, 0.717) is 0 Å². The molecule has 0 unspecified atom stereocenters. The van der Waals surface area contributed by atoms with Gasteiger partial charge in [-0.15, -0.1) is 0 Å². The Hall–Kier alpha value is -4.16. The molecule has 0 spiro atoms. The van der Waals surface area contributed by atoms with Crippen LogP contribution in [0.4, 0.5) is 17.1 Å². The minimum Gasteiger partial charge on any atom is -0.495 e. The van der Waals surface area contributed by atoms with Gasteiger partial charge in [-0.05, 0) is 57.2 Å². The van der Waals surface area contributed by atoms with E-state index in [0.717, 1.165) is 10.4 Å². The van der Waals surface area contributed by atoms with Gasteiger partial charge in [-0.2, -0.15) is 0 Å². The summed E-state index contributed by atoms with van der Waals surface area (Å²) in [6.07, 6.45) is 0. The molecule has 0 radical (unpaired) electrons. The van der Waals surface area contributed by atoms with Crippen molar-refractivity contribution in [2.24, 2.45) is 0 Å². The van der Waals surface area contributed by atoms with Gasteiger partial charge in [-0.25, -0.2) is 8.42 Å². The molecule has 2 amide bonds. The van der Waals surface area contributed by atoms with Crippen molar-refractivity contribution in [2.45, 2.75) is 31.7 Å². The third-order valence-corrected chi connectivity index (χ3v) is 7.52. The van der Waals surface area contributed by atoms with Gasteiger partial charge in [0.1, 0.15) is 12.3 Å². The number of hydrogen-bond acceptors (Lipinski definition) is 7. The molecule has 3 aromatic rings. The first kappa shape index (κ1) is 29.4. The van der Waals surface area contributed by atoms with Crippen LogP contribution >= 0.6 is 11.6 Å². The van der Waals surface area contributed by atoms with E-state index in [1.807, 2.05) is 0 Å². The highest BCUT2D eigenvalue weighted by molar-refractivity contribution is 7.92. The first-order valence-corrected chi connectivity index (χ1v) is 13.5. The predicted octanol–water partition coefficient (Wildman–Crippen LogP) is 4.54. The van der Waals surface area contributed by atoms with Gasteiger partial charge in [0.15, 0.2) is 0 Å². The van der Waals surface area contributed by atoms with Crippen LogP contribution in [-0.4, -0.2) is 44.9 Å². The summed E-state index contributed by atoms with van der Waals surface area (Å²) in [5.41, 5.74) is 0.156. The van der Waals surface area contributed by atoms with Crippen molar-refractivity contribution >= 4 is 50.5 Å². The number of carbonyl (C=O) groups is 2. The second-order valence-corrected chi connectivity index (χ2v) is 11.1. The number of nitrogens with one attached hydrogen (secondary N) is 2. The number of benzene rings is 3. The number of ether oxygens (including phenoxy) is 1. The number of nitro benzene ring substituents is 1. The molecule has 11 nitrogen and oxygen atoms in total. The monoisotopic (exact) mass is 574 g/mol. The van der Waals surface area contributed by atoms with Crippen molar-refractivity contribution < 1.29 is 27.7 Å². The molecule has 0 fully saturated rings. The molecule has 0 saturated heterocycles. The van der Waals surface area contributed by atoms with Gasteiger partial charge >= 0.3 is 0 Å². The second kappa shape index (κ2) is 12.1. The number of amides is 2. The molecule has 2 N–H and O–H groups in total. The number of nitro groups is 1. The zero-order valence-corrected chi connectivity index (χ0v) is 23.2. The number of carbonyl (C=O) groups excluding carboxylic acids is 2. The predicted molar refractivity (Wildman–Crippen MR) is 148 cm³/mol. The van der Waals surface area contributed by atoms with E-state index in [4.69, 9.17) is 16.3 Å². The van der Waals surface area contributed by atoms with Gasteiger partial charge in [0.2, 0.25) is 5.91 Å². The molecule has 3 aromatic carbocycles. The van der Waals surface area contributed by atoms with Crippen LogP contribution in [0.5, 0.6) is 5.75 Å². The average molecular weight is 575 g/mol. The molecule has 0 bridgehead atoms. The van der Waals surface area contributed by atoms with Gasteiger partial charge in [0.25, 0.3) is 21.6 Å². The number of halogens is 1. The van der Waals surface area contributed by atoms with Crippen LogP contribution in [-0.2, 0) is 14.8 Å². The lowest BCUT2D eigenvalue weighted by molar-refractivity contribution is -0.385. The largest absolute Gasteiger partial charge is 0.495 e. The van der Waals surface area contributed by atoms with Crippen molar-refractivity contribution in [2.75, 3.05) is 23.3 Å². The van der Waals surface area contributed by atoms with Gasteiger partial charge in [-0.1, -0.05) is 29.8 Å². The highest BCUT2D eigenvalue weighted by Gasteiger charge is 2.31. The maximum absolute atomic E-state index is 13.8. The number of aryl methyl sites for hydroxylation is 1. The molecular formula is C26H27ClN4O7S. The zero-order chi connectivity index (χ0) is 28.9. The summed E-state index contributed by atoms with van der Waals surface area (Å²) in [6.45, 7) is 4.29. The number of hydrogen-bond donors (Lipinski definition) is 2. The summed E-state index contributed by atoms with van der Waals surface area (Å²) in [7, 11) is -3.24. The zero-order valence-electron chi connectivity index (χ0n) is 21.6. The van der Waals surface area contributed by atoms with Crippen molar-refractivity contribution in [3.8, 4) is 5.75 Å². The van der Waals surface area contributed by atoms with Crippen molar-refractivity contribution in [1.82, 2.24) is 5.32 Å². The molecule has 0 aliphatic rings. The fourth-order valence-corrected chi connectivity index (χ4v) is 5.29. The SMILES string of the molecule is COc1ccc(Cl)cc1N(CC(=O)Nc1ccccc1C(=O)NC(C)C)S(=O)(=O)c1ccc(C)c([N+](=O)[O-])c1. The maximum Gasteiger partial charge on any atom is 0.273 e. The number of rotatable bonds is 10. The quantitative estimate of drug-likeness (QED) is 0.267. The number of para-hydroxylation sites is 1. The standard InChI is InChI=1S/C26H27ClN4O7S/c1-16(2)28-26(33)20-7-5-6-8-21(20)29-25(32)15-30(23-13-18(27)10-12-24(23)38-4)39(36,37)19-11-9-17(3)22(14-19)31(34)35/h5-14,16H,15H2,1-4H3,(H,28,33)(H,29,32). The Bertz CT molecular complexity index is 1530. The maximum atomic E-state index is 13.8. The molecule has 0 saturated carbocycles. The smallest absolute Gasteiger partial charge is 0.273 e. The Morgan fingerprint density at radius 1 is 1.10 bits per heavy atom. The fourth-order valence-electron chi connectivity index (χ4n) is 3.68. The van der Waals surface area contributed by atoms with E-state index in [-0.39, 0.29) is 39.3 Å². The van der Waals surface area contributed by atoms with E-state index in [1.54, 1.807) is 26.0 Å². The highest BCUT2D eigenvalue weighted by atomic mass is 35.5. The minimum absolute atomic E-state index is 0.0609. The van der Waals surface area contributed by atoms with Gasteiger partial charge in [-0.3, -0.25) is 24.0 Å². The number of anilines is 2. The summed E-state index contributed by atoms with van der Waals surface area (Å²) in [5.74, 6) is -1.12. The summed E-state index contributed by atoms with van der Waals surface area (Å²) in [6, 6.07) is 13.8. The van der Waals surface area contributed by atoms with Crippen molar-refractivity contribution in [3.63, 3.8) is 0 Å². The Kier molecular flexibility index (Phi) is 9.15. The number of methoxy groups -OCH3 is 1. The number of sulfonamides is 1. The first-order chi connectivity index (χ1) is 18.3. The summed E-state index contributed by atoms with van der Waals surface area (Å²) >= 11 is 6.15. The van der Waals surface area contributed by atoms with E-state index < -0.39 is 43.9 Å². The first-order valence-electron chi connectivity index (χ1n) is 11.7. The lowest BCUT2D eigenvalue weighted by Gasteiger charge is -2.26. The van der Waals surface area contributed by atoms with Crippen LogP contribution in [0.2, 0.25) is 5.02 Å². The fraction of sp³-hybridized carbons (Fsp3) is 0.231. The summed E-state index contributed by atoms with van der Waals surface area (Å²) in [5, 5.41) is 17.0. The average Bonchev–Trinajstić information content (AvgIpc) is 2.87. The Morgan fingerprint density at radius 2 is 1.79 bits per heavy atom. The molecule has 0 atom stereocenters. The third kappa shape index (κ3) is 6.84. The van der Waals surface area contributed by atoms with Crippen LogP contribution < -0.4 is 19.7 Å². The lowest BCUT2D eigenvalue weighted by atomic mass is 10.1. The van der Waals surface area contributed by atoms with Crippen LogP contribution in [0, 0.1) is 17.0 Å². The molecule has 0 heterocycles. The highest BCUT2D eigenvalue weighted by Crippen LogP contribution is 2.36. The Morgan fingerprint density at radius 3 is 2.44 bits per heavy atom. The second-order valence-electron chi connectivity index (χ2n) is 8.76. The van der Waals surface area contributed by atoms with Crippen molar-refractivity contribution in [1.29, 1.82) is 0 Å². The van der Waals surface area contributed by atoms with Gasteiger partial charge in [0, 0.05) is 22.7 Å². The van der Waals surface area contributed by atoms with E-state index >= 15 is 0 Å². The van der Waals surface area contributed by atoms with Crippen LogP contribution in [0.25, 0.3) is 0 Å². The van der Waals surface area contributed by atoms with Gasteiger partial charge in [0.05, 0.1) is 33.9 Å². The Balaban J connectivity index is 2.07. The molecule has 206 valence electrons. The van der Waals surface area contributed by atoms with E-state index in [1.165, 1.54) is 56.5 Å². The summed E-state index contributed by atoms with van der Waals surface area (Å²) in [4.78, 5) is 36.3. The van der Waals surface area contributed by atoms with Crippen molar-refractivity contribution in [3.05, 3.63) is 86.9 Å². The molecule has 0 aliphatic heterocycles. The Labute approximate surface area is 230 Å². The molecule has 39 heavy (non-hydrogen) atoms. The summed E-state index contributed by atoms with van der Waals surface area (Å²) < 4.78 is 33.8. The lowest BCUT2D eigenvalue weighted by Crippen LogP contribution is -2.39.